The zero-order chi connectivity index (χ0) is 19.8. The van der Waals surface area contributed by atoms with E-state index in [4.69, 9.17) is 5.26 Å². The maximum Gasteiger partial charge on any atom is 0.214 e. The summed E-state index contributed by atoms with van der Waals surface area (Å²) in [5, 5.41) is 21.6. The molecule has 0 saturated heterocycles. The highest BCUT2D eigenvalue weighted by Crippen LogP contribution is 2.23. The fourth-order valence-corrected chi connectivity index (χ4v) is 2.96. The second-order valence-corrected chi connectivity index (χ2v) is 6.86. The molecule has 0 fully saturated rings. The summed E-state index contributed by atoms with van der Waals surface area (Å²) in [7, 11) is 0. The molecule has 0 spiro atoms. The largest absolute Gasteiger partial charge is 0.214 e. The van der Waals surface area contributed by atoms with Crippen LogP contribution in [0.1, 0.15) is 29.2 Å². The highest BCUT2D eigenvalue weighted by molar-refractivity contribution is 7.98. The first-order valence-corrected chi connectivity index (χ1v) is 9.18. The van der Waals surface area contributed by atoms with Crippen LogP contribution in [0.25, 0.3) is 5.69 Å². The molecule has 7 heteroatoms. The van der Waals surface area contributed by atoms with Crippen molar-refractivity contribution in [3.8, 4) is 11.8 Å². The molecule has 0 aliphatic rings. The number of rotatable bonds is 4. The Kier molecular flexibility index (Phi) is 7.26. The number of benzene rings is 2. The molecular weight excluding hydrogens is 361 g/mol. The summed E-state index contributed by atoms with van der Waals surface area (Å²) in [6.45, 7) is 8.35. The number of halogens is 1. The standard InChI is InChI=1S/C17H15N5S.C3H5F/c1-12-3-8-16(9-13(12)2)22-17(19-20-21-22)23-11-15-6-4-14(10-18)5-7-15;1-3(2)4/h3-9H,11H2,1-2H3;1H2,2H3. The van der Waals surface area contributed by atoms with Gasteiger partial charge in [-0.1, -0.05) is 36.5 Å². The van der Waals surface area contributed by atoms with Crippen LogP contribution in [-0.2, 0) is 5.75 Å². The van der Waals surface area contributed by atoms with Crippen molar-refractivity contribution in [2.75, 3.05) is 0 Å². The minimum Gasteiger partial charge on any atom is -0.213 e. The van der Waals surface area contributed by atoms with Gasteiger partial charge in [-0.15, -0.1) is 5.10 Å². The lowest BCUT2D eigenvalue weighted by atomic mass is 10.1. The van der Waals surface area contributed by atoms with Gasteiger partial charge in [0.05, 0.1) is 23.1 Å². The van der Waals surface area contributed by atoms with Gasteiger partial charge >= 0.3 is 0 Å². The van der Waals surface area contributed by atoms with Crippen LogP contribution in [0.2, 0.25) is 0 Å². The monoisotopic (exact) mass is 381 g/mol. The SMILES string of the molecule is C=C(C)F.Cc1ccc(-n2nnnc2SCc2ccc(C#N)cc2)cc1C. The average molecular weight is 381 g/mol. The molecule has 1 aromatic heterocycles. The lowest BCUT2D eigenvalue weighted by Crippen LogP contribution is -2.00. The second-order valence-electron chi connectivity index (χ2n) is 5.92. The van der Waals surface area contributed by atoms with E-state index >= 15 is 0 Å². The third-order valence-electron chi connectivity index (χ3n) is 3.63. The summed E-state index contributed by atoms with van der Waals surface area (Å²) in [5.74, 6) is 0.414. The molecule has 0 aliphatic carbocycles. The van der Waals surface area contributed by atoms with Gasteiger partial charge in [-0.3, -0.25) is 0 Å². The molecule has 5 nitrogen and oxygen atoms in total. The minimum absolute atomic E-state index is 0.333. The zero-order valence-electron chi connectivity index (χ0n) is 15.5. The van der Waals surface area contributed by atoms with Crippen molar-refractivity contribution in [3.05, 3.63) is 77.1 Å². The predicted octanol–water partition coefficient (Wildman–Crippen LogP) is 4.93. The van der Waals surface area contributed by atoms with Gasteiger partial charge in [0.15, 0.2) is 0 Å². The van der Waals surface area contributed by atoms with Crippen LogP contribution in [0.4, 0.5) is 4.39 Å². The van der Waals surface area contributed by atoms with Gasteiger partial charge in [-0.05, 0) is 72.2 Å². The second kappa shape index (κ2) is 9.64. The molecule has 0 atom stereocenters. The van der Waals surface area contributed by atoms with Gasteiger partial charge < -0.3 is 0 Å². The summed E-state index contributed by atoms with van der Waals surface area (Å²) in [4.78, 5) is 0. The van der Waals surface area contributed by atoms with Crippen LogP contribution < -0.4 is 0 Å². The first-order valence-electron chi connectivity index (χ1n) is 8.19. The Bertz CT molecular complexity index is 953. The molecule has 2 aromatic carbocycles. The third-order valence-corrected chi connectivity index (χ3v) is 4.62. The van der Waals surface area contributed by atoms with Gasteiger partial charge in [-0.25, -0.2) is 4.39 Å². The number of hydrogen-bond acceptors (Lipinski definition) is 5. The number of nitrogens with zero attached hydrogens (tertiary/aromatic N) is 5. The zero-order valence-corrected chi connectivity index (χ0v) is 16.3. The van der Waals surface area contributed by atoms with Crippen LogP contribution >= 0.6 is 11.8 Å². The summed E-state index contributed by atoms with van der Waals surface area (Å²) >= 11 is 1.57. The van der Waals surface area contributed by atoms with Crippen molar-refractivity contribution < 1.29 is 4.39 Å². The summed E-state index contributed by atoms with van der Waals surface area (Å²) in [6.07, 6.45) is 0. The Balaban J connectivity index is 0.000000596. The number of nitriles is 1. The van der Waals surface area contributed by atoms with Crippen molar-refractivity contribution in [1.29, 1.82) is 5.26 Å². The van der Waals surface area contributed by atoms with Gasteiger partial charge in [0.2, 0.25) is 5.16 Å². The highest BCUT2D eigenvalue weighted by atomic mass is 32.2. The van der Waals surface area contributed by atoms with E-state index in [1.807, 2.05) is 30.3 Å². The molecule has 1 heterocycles. The molecule has 0 N–H and O–H groups in total. The van der Waals surface area contributed by atoms with Crippen molar-refractivity contribution in [2.24, 2.45) is 0 Å². The summed E-state index contributed by atoms with van der Waals surface area (Å²) in [5.41, 5.74) is 5.21. The highest BCUT2D eigenvalue weighted by Gasteiger charge is 2.10. The van der Waals surface area contributed by atoms with E-state index in [0.717, 1.165) is 22.2 Å². The van der Waals surface area contributed by atoms with Crippen LogP contribution in [-0.4, -0.2) is 20.2 Å². The third kappa shape index (κ3) is 6.04. The molecule has 0 aliphatic heterocycles. The van der Waals surface area contributed by atoms with E-state index in [-0.39, 0.29) is 5.83 Å². The quantitative estimate of drug-likeness (QED) is 0.599. The normalized spacial score (nSPS) is 9.89. The smallest absolute Gasteiger partial charge is 0.213 e. The number of allylic oxidation sites excluding steroid dienone is 1. The molecule has 0 unspecified atom stereocenters. The minimum atomic E-state index is -0.333. The van der Waals surface area contributed by atoms with Crippen molar-refractivity contribution in [3.63, 3.8) is 0 Å². The predicted molar refractivity (Wildman–Crippen MR) is 105 cm³/mol. The maximum absolute atomic E-state index is 10.8. The van der Waals surface area contributed by atoms with E-state index in [1.54, 1.807) is 16.4 Å². The van der Waals surface area contributed by atoms with Crippen LogP contribution in [0.15, 0.2) is 60.0 Å². The molecule has 27 heavy (non-hydrogen) atoms. The van der Waals surface area contributed by atoms with E-state index in [0.29, 0.717) is 5.56 Å². The van der Waals surface area contributed by atoms with Crippen molar-refractivity contribution >= 4 is 11.8 Å². The number of hydrogen-bond donors (Lipinski definition) is 0. The van der Waals surface area contributed by atoms with Crippen LogP contribution in [0.3, 0.4) is 0 Å². The van der Waals surface area contributed by atoms with Crippen LogP contribution in [0.5, 0.6) is 0 Å². The lowest BCUT2D eigenvalue weighted by Gasteiger charge is -2.07. The lowest BCUT2D eigenvalue weighted by molar-refractivity contribution is 0.645. The number of aryl methyl sites for hydroxylation is 2. The number of tetrazole rings is 1. The number of thioether (sulfide) groups is 1. The Morgan fingerprint density at radius 1 is 1.19 bits per heavy atom. The van der Waals surface area contributed by atoms with Gasteiger partial charge in [0.25, 0.3) is 0 Å². The molecule has 0 radical (unpaired) electrons. The van der Waals surface area contributed by atoms with E-state index in [9.17, 15) is 4.39 Å². The van der Waals surface area contributed by atoms with E-state index < -0.39 is 0 Å². The first kappa shape index (κ1) is 20.3. The van der Waals surface area contributed by atoms with Gasteiger partial charge in [0.1, 0.15) is 0 Å². The maximum atomic E-state index is 10.8. The Labute approximate surface area is 162 Å². The van der Waals surface area contributed by atoms with Crippen molar-refractivity contribution in [2.45, 2.75) is 31.7 Å². The van der Waals surface area contributed by atoms with Gasteiger partial charge in [0, 0.05) is 5.75 Å². The Morgan fingerprint density at radius 3 is 2.44 bits per heavy atom. The number of aromatic nitrogens is 4. The van der Waals surface area contributed by atoms with Gasteiger partial charge in [-0.2, -0.15) is 9.94 Å². The Morgan fingerprint density at radius 2 is 1.85 bits per heavy atom. The molecular formula is C20H20FN5S. The van der Waals surface area contributed by atoms with E-state index in [1.165, 1.54) is 18.1 Å². The van der Waals surface area contributed by atoms with Crippen molar-refractivity contribution in [1.82, 2.24) is 20.2 Å². The summed E-state index contributed by atoms with van der Waals surface area (Å²) in [6, 6.07) is 15.8. The molecule has 0 saturated carbocycles. The summed E-state index contributed by atoms with van der Waals surface area (Å²) < 4.78 is 12.6. The molecule has 0 amide bonds. The van der Waals surface area contributed by atoms with Crippen LogP contribution in [0, 0.1) is 25.2 Å². The fraction of sp³-hybridized carbons (Fsp3) is 0.200. The first-order chi connectivity index (χ1) is 12.9. The molecule has 3 aromatic rings. The van der Waals surface area contributed by atoms with E-state index in [2.05, 4.69) is 54.2 Å². The topological polar surface area (TPSA) is 67.4 Å². The average Bonchev–Trinajstić information content (AvgIpc) is 3.11. The fourth-order valence-electron chi connectivity index (χ4n) is 2.11. The Hall–Kier alpha value is -2.98. The molecule has 3 rings (SSSR count). The molecule has 0 bridgehead atoms. The molecule has 138 valence electrons.